The summed E-state index contributed by atoms with van der Waals surface area (Å²) in [4.78, 5) is 4.43. The predicted octanol–water partition coefficient (Wildman–Crippen LogP) is 4.51. The van der Waals surface area contributed by atoms with E-state index in [2.05, 4.69) is 41.5 Å². The average Bonchev–Trinajstić information content (AvgIpc) is 2.55. The lowest BCUT2D eigenvalue weighted by Gasteiger charge is -2.32. The summed E-state index contributed by atoms with van der Waals surface area (Å²) < 4.78 is 0. The van der Waals surface area contributed by atoms with Gasteiger partial charge in [0.1, 0.15) is 0 Å². The van der Waals surface area contributed by atoms with Gasteiger partial charge in [-0.2, -0.15) is 0 Å². The second-order valence-electron chi connectivity index (χ2n) is 6.31. The van der Waals surface area contributed by atoms with Gasteiger partial charge in [0.05, 0.1) is 5.52 Å². The van der Waals surface area contributed by atoms with Crippen LogP contribution in [0.2, 0.25) is 0 Å². The summed E-state index contributed by atoms with van der Waals surface area (Å²) in [5.74, 6) is 1.51. The molecule has 1 aliphatic carbocycles. The zero-order valence-corrected chi connectivity index (χ0v) is 13.0. The van der Waals surface area contributed by atoms with Gasteiger partial charge in [0.15, 0.2) is 0 Å². The van der Waals surface area contributed by atoms with E-state index in [9.17, 15) is 0 Å². The summed E-state index contributed by atoms with van der Waals surface area (Å²) in [6.45, 7) is 4.55. The van der Waals surface area contributed by atoms with Gasteiger partial charge in [0.2, 0.25) is 0 Å². The van der Waals surface area contributed by atoms with Crippen LogP contribution in [0.1, 0.15) is 50.5 Å². The molecule has 0 radical (unpaired) electrons. The average molecular weight is 282 g/mol. The van der Waals surface area contributed by atoms with Crippen molar-refractivity contribution in [3.05, 3.63) is 42.1 Å². The molecule has 112 valence electrons. The quantitative estimate of drug-likeness (QED) is 0.816. The van der Waals surface area contributed by atoms with Crippen LogP contribution in [0, 0.1) is 5.92 Å². The SMILES string of the molecule is CCCNCC1CCCCC1c1ccc2ncccc2c1. The van der Waals surface area contributed by atoms with Crippen molar-refractivity contribution in [2.45, 2.75) is 44.9 Å². The molecule has 0 amide bonds. The Hall–Kier alpha value is -1.41. The van der Waals surface area contributed by atoms with Crippen LogP contribution in [0.25, 0.3) is 10.9 Å². The molecule has 2 heteroatoms. The zero-order chi connectivity index (χ0) is 14.5. The fourth-order valence-corrected chi connectivity index (χ4v) is 3.68. The van der Waals surface area contributed by atoms with Gasteiger partial charge in [0, 0.05) is 11.6 Å². The highest BCUT2D eigenvalue weighted by Crippen LogP contribution is 2.38. The molecule has 1 aliphatic rings. The van der Waals surface area contributed by atoms with Gasteiger partial charge in [-0.1, -0.05) is 31.9 Å². The minimum atomic E-state index is 0.715. The van der Waals surface area contributed by atoms with E-state index in [1.54, 1.807) is 0 Å². The van der Waals surface area contributed by atoms with E-state index in [0.29, 0.717) is 5.92 Å². The molecule has 2 atom stereocenters. The number of hydrogen-bond acceptors (Lipinski definition) is 2. The van der Waals surface area contributed by atoms with Gasteiger partial charge in [-0.05, 0) is 68.0 Å². The first-order chi connectivity index (χ1) is 10.4. The largest absolute Gasteiger partial charge is 0.316 e. The molecule has 2 unspecified atom stereocenters. The van der Waals surface area contributed by atoms with Gasteiger partial charge < -0.3 is 5.32 Å². The Morgan fingerprint density at radius 2 is 2.10 bits per heavy atom. The molecule has 1 saturated carbocycles. The molecule has 0 aliphatic heterocycles. The van der Waals surface area contributed by atoms with Crippen molar-refractivity contribution in [1.29, 1.82) is 0 Å². The number of benzene rings is 1. The van der Waals surface area contributed by atoms with E-state index in [0.717, 1.165) is 18.0 Å². The molecule has 1 N–H and O–H groups in total. The third-order valence-corrected chi connectivity index (χ3v) is 4.80. The lowest BCUT2D eigenvalue weighted by molar-refractivity contribution is 0.296. The zero-order valence-electron chi connectivity index (χ0n) is 13.0. The summed E-state index contributed by atoms with van der Waals surface area (Å²) in [7, 11) is 0. The molecule has 1 aromatic carbocycles. The molecule has 0 spiro atoms. The smallest absolute Gasteiger partial charge is 0.0702 e. The molecular weight excluding hydrogens is 256 g/mol. The van der Waals surface area contributed by atoms with E-state index >= 15 is 0 Å². The van der Waals surface area contributed by atoms with Crippen molar-refractivity contribution in [3.63, 3.8) is 0 Å². The fourth-order valence-electron chi connectivity index (χ4n) is 3.68. The number of fused-ring (bicyclic) bond motifs is 1. The third-order valence-electron chi connectivity index (χ3n) is 4.80. The first-order valence-corrected chi connectivity index (χ1v) is 8.44. The van der Waals surface area contributed by atoms with Crippen molar-refractivity contribution in [2.75, 3.05) is 13.1 Å². The van der Waals surface area contributed by atoms with Crippen LogP contribution < -0.4 is 5.32 Å². The number of rotatable bonds is 5. The number of aromatic nitrogens is 1. The van der Waals surface area contributed by atoms with Crippen LogP contribution in [0.4, 0.5) is 0 Å². The maximum absolute atomic E-state index is 4.43. The molecule has 1 aromatic heterocycles. The third kappa shape index (κ3) is 3.44. The summed E-state index contributed by atoms with van der Waals surface area (Å²) in [6.07, 6.45) is 8.57. The first-order valence-electron chi connectivity index (χ1n) is 8.44. The summed E-state index contributed by atoms with van der Waals surface area (Å²) in [5, 5.41) is 4.91. The Morgan fingerprint density at radius 1 is 1.19 bits per heavy atom. The molecule has 0 bridgehead atoms. The van der Waals surface area contributed by atoms with E-state index in [1.807, 2.05) is 12.3 Å². The highest BCUT2D eigenvalue weighted by Gasteiger charge is 2.26. The van der Waals surface area contributed by atoms with Crippen molar-refractivity contribution in [3.8, 4) is 0 Å². The lowest BCUT2D eigenvalue weighted by Crippen LogP contribution is -2.30. The minimum absolute atomic E-state index is 0.715. The Morgan fingerprint density at radius 3 is 3.00 bits per heavy atom. The first kappa shape index (κ1) is 14.5. The molecule has 1 fully saturated rings. The minimum Gasteiger partial charge on any atom is -0.316 e. The molecule has 0 saturated heterocycles. The number of nitrogens with one attached hydrogen (secondary N) is 1. The van der Waals surface area contributed by atoms with E-state index in [-0.39, 0.29) is 0 Å². The molecule has 1 heterocycles. The maximum Gasteiger partial charge on any atom is 0.0702 e. The van der Waals surface area contributed by atoms with Gasteiger partial charge in [-0.15, -0.1) is 0 Å². The highest BCUT2D eigenvalue weighted by molar-refractivity contribution is 5.79. The number of pyridine rings is 1. The highest BCUT2D eigenvalue weighted by atomic mass is 14.9. The Bertz CT molecular complexity index is 579. The summed E-state index contributed by atoms with van der Waals surface area (Å²) in [5.41, 5.74) is 2.62. The van der Waals surface area contributed by atoms with Crippen molar-refractivity contribution < 1.29 is 0 Å². The standard InChI is InChI=1S/C19H26N2/c1-2-11-20-14-17-6-3-4-8-18(17)15-9-10-19-16(13-15)7-5-12-21-19/h5,7,9-10,12-13,17-18,20H,2-4,6,8,11,14H2,1H3. The van der Waals surface area contributed by atoms with Crippen LogP contribution in [0.3, 0.4) is 0 Å². The maximum atomic E-state index is 4.43. The van der Waals surface area contributed by atoms with Gasteiger partial charge in [0.25, 0.3) is 0 Å². The second kappa shape index (κ2) is 7.04. The van der Waals surface area contributed by atoms with Crippen LogP contribution in [-0.2, 0) is 0 Å². The van der Waals surface area contributed by atoms with Crippen LogP contribution in [0.5, 0.6) is 0 Å². The van der Waals surface area contributed by atoms with E-state index in [4.69, 9.17) is 0 Å². The van der Waals surface area contributed by atoms with Crippen LogP contribution >= 0.6 is 0 Å². The second-order valence-corrected chi connectivity index (χ2v) is 6.31. The van der Waals surface area contributed by atoms with E-state index in [1.165, 1.54) is 49.6 Å². The molecule has 3 rings (SSSR count). The number of hydrogen-bond donors (Lipinski definition) is 1. The normalized spacial score (nSPS) is 22.5. The van der Waals surface area contributed by atoms with E-state index < -0.39 is 0 Å². The molecule has 2 nitrogen and oxygen atoms in total. The summed E-state index contributed by atoms with van der Waals surface area (Å²) >= 11 is 0. The fraction of sp³-hybridized carbons (Fsp3) is 0.526. The molecular formula is C19H26N2. The Labute approximate surface area is 128 Å². The van der Waals surface area contributed by atoms with Gasteiger partial charge in [-0.3, -0.25) is 4.98 Å². The van der Waals surface area contributed by atoms with Crippen molar-refractivity contribution in [2.24, 2.45) is 5.92 Å². The topological polar surface area (TPSA) is 24.9 Å². The van der Waals surface area contributed by atoms with Crippen LogP contribution in [-0.4, -0.2) is 18.1 Å². The van der Waals surface area contributed by atoms with Crippen molar-refractivity contribution in [1.82, 2.24) is 10.3 Å². The Kier molecular flexibility index (Phi) is 4.87. The Balaban J connectivity index is 1.80. The van der Waals surface area contributed by atoms with Gasteiger partial charge >= 0.3 is 0 Å². The monoisotopic (exact) mass is 282 g/mol. The molecule has 2 aromatic rings. The van der Waals surface area contributed by atoms with Gasteiger partial charge in [-0.25, -0.2) is 0 Å². The lowest BCUT2D eigenvalue weighted by atomic mass is 9.75. The van der Waals surface area contributed by atoms with Crippen molar-refractivity contribution >= 4 is 10.9 Å². The summed E-state index contributed by atoms with van der Waals surface area (Å²) in [6, 6.07) is 11.1. The predicted molar refractivity (Wildman–Crippen MR) is 89.6 cm³/mol. The number of nitrogens with zero attached hydrogens (tertiary/aromatic N) is 1. The van der Waals surface area contributed by atoms with Crippen LogP contribution in [0.15, 0.2) is 36.5 Å². The molecule has 21 heavy (non-hydrogen) atoms.